The third-order valence-corrected chi connectivity index (χ3v) is 6.65. The number of esters is 1. The Labute approximate surface area is 198 Å². The molecule has 0 fully saturated rings. The number of carbonyl (C=O) groups excluding carboxylic acids is 2. The molecule has 1 aliphatic rings. The number of hydrogen-bond donors (Lipinski definition) is 0. The van der Waals surface area contributed by atoms with Gasteiger partial charge in [-0.15, -0.1) is 0 Å². The van der Waals surface area contributed by atoms with Crippen molar-refractivity contribution in [3.63, 3.8) is 0 Å². The molecule has 0 atom stereocenters. The van der Waals surface area contributed by atoms with Crippen LogP contribution in [0.15, 0.2) is 71.7 Å². The number of amides is 1. The summed E-state index contributed by atoms with van der Waals surface area (Å²) in [6, 6.07) is 20.3. The quantitative estimate of drug-likeness (QED) is 0.374. The lowest BCUT2D eigenvalue weighted by Crippen LogP contribution is -2.25. The molecular weight excluding hydrogens is 460 g/mol. The van der Waals surface area contributed by atoms with Gasteiger partial charge in [-0.1, -0.05) is 59.3 Å². The number of nitrogens with zero attached hydrogens (tertiary/aromatic N) is 2. The molecule has 166 valence electrons. The highest BCUT2D eigenvalue weighted by molar-refractivity contribution is 7.16. The van der Waals surface area contributed by atoms with Crippen molar-refractivity contribution in [3.05, 3.63) is 87.7 Å². The molecule has 8 heteroatoms. The topological polar surface area (TPSA) is 69.9 Å². The van der Waals surface area contributed by atoms with Gasteiger partial charge in [0.15, 0.2) is 4.80 Å². The van der Waals surface area contributed by atoms with Crippen LogP contribution in [0.2, 0.25) is 5.02 Å². The number of para-hydroxylation sites is 2. The second kappa shape index (κ2) is 8.84. The van der Waals surface area contributed by atoms with Gasteiger partial charge in [-0.3, -0.25) is 9.59 Å². The van der Waals surface area contributed by atoms with E-state index in [1.165, 1.54) is 11.3 Å². The van der Waals surface area contributed by atoms with Crippen molar-refractivity contribution in [2.45, 2.75) is 19.4 Å². The van der Waals surface area contributed by atoms with Crippen LogP contribution in [0, 0.1) is 0 Å². The van der Waals surface area contributed by atoms with Crippen molar-refractivity contribution in [2.24, 2.45) is 4.99 Å². The first kappa shape index (κ1) is 21.4. The molecule has 33 heavy (non-hydrogen) atoms. The zero-order valence-corrected chi connectivity index (χ0v) is 19.2. The van der Waals surface area contributed by atoms with Crippen LogP contribution in [0.5, 0.6) is 11.5 Å². The summed E-state index contributed by atoms with van der Waals surface area (Å²) in [6.07, 6.45) is 0. The Balaban J connectivity index is 1.65. The highest BCUT2D eigenvalue weighted by Gasteiger charge is 2.32. The number of thiazole rings is 1. The number of halogens is 1. The zero-order valence-electron chi connectivity index (χ0n) is 17.7. The molecule has 0 radical (unpaired) electrons. The minimum Gasteiger partial charge on any atom is -0.465 e. The first-order valence-corrected chi connectivity index (χ1v) is 11.6. The van der Waals surface area contributed by atoms with Crippen molar-refractivity contribution in [1.29, 1.82) is 0 Å². The average Bonchev–Trinajstić information content (AvgIpc) is 3.13. The highest BCUT2D eigenvalue weighted by Crippen LogP contribution is 2.44. The monoisotopic (exact) mass is 478 g/mol. The summed E-state index contributed by atoms with van der Waals surface area (Å²) in [5, 5.41) is 0.567. The van der Waals surface area contributed by atoms with Crippen molar-refractivity contribution in [3.8, 4) is 11.5 Å². The van der Waals surface area contributed by atoms with Gasteiger partial charge in [0.2, 0.25) is 0 Å². The minimum atomic E-state index is -0.615. The molecule has 6 nitrogen and oxygen atoms in total. The molecule has 1 amide bonds. The molecule has 0 saturated carbocycles. The molecule has 0 unspecified atom stereocenters. The summed E-state index contributed by atoms with van der Waals surface area (Å²) in [5.41, 5.74) is 2.27. The smallest absolute Gasteiger partial charge is 0.326 e. The van der Waals surface area contributed by atoms with E-state index in [2.05, 4.69) is 4.99 Å². The van der Waals surface area contributed by atoms with Crippen LogP contribution in [0.4, 0.5) is 0 Å². The number of hydrogen-bond acceptors (Lipinski definition) is 5. The van der Waals surface area contributed by atoms with E-state index in [1.54, 1.807) is 23.6 Å². The van der Waals surface area contributed by atoms with E-state index in [1.807, 2.05) is 54.6 Å². The summed E-state index contributed by atoms with van der Waals surface area (Å²) in [5.74, 6) is -0.0909. The summed E-state index contributed by atoms with van der Waals surface area (Å²) >= 11 is 7.48. The fraction of sp³-hybridized carbons (Fsp3) is 0.160. The average molecular weight is 479 g/mol. The van der Waals surface area contributed by atoms with Gasteiger partial charge in [0.1, 0.15) is 18.0 Å². The third-order valence-electron chi connectivity index (χ3n) is 5.37. The zero-order chi connectivity index (χ0) is 22.9. The number of rotatable bonds is 4. The normalized spacial score (nSPS) is 13.3. The van der Waals surface area contributed by atoms with Crippen molar-refractivity contribution < 1.29 is 19.1 Å². The number of carbonyl (C=O) groups is 2. The van der Waals surface area contributed by atoms with Crippen LogP contribution >= 0.6 is 22.9 Å². The van der Waals surface area contributed by atoms with Crippen LogP contribution in [-0.2, 0) is 20.9 Å². The second-order valence-electron chi connectivity index (χ2n) is 7.45. The Kier molecular flexibility index (Phi) is 5.74. The molecule has 1 aliphatic heterocycles. The Bertz CT molecular complexity index is 1410. The molecule has 0 bridgehead atoms. The molecule has 0 N–H and O–H groups in total. The van der Waals surface area contributed by atoms with Crippen LogP contribution in [0.1, 0.15) is 24.0 Å². The SMILES string of the molecule is CCOC(=O)Cn1c(=NC(=O)C2c3ccccc3Oc3ccccc32)sc2cc(Cl)ccc21. The van der Waals surface area contributed by atoms with E-state index >= 15 is 0 Å². The van der Waals surface area contributed by atoms with E-state index < -0.39 is 11.9 Å². The van der Waals surface area contributed by atoms with Crippen molar-refractivity contribution in [1.82, 2.24) is 4.57 Å². The van der Waals surface area contributed by atoms with Gasteiger partial charge in [0.25, 0.3) is 5.91 Å². The molecule has 0 spiro atoms. The second-order valence-corrected chi connectivity index (χ2v) is 8.89. The Hall–Kier alpha value is -3.42. The lowest BCUT2D eigenvalue weighted by molar-refractivity contribution is -0.143. The largest absolute Gasteiger partial charge is 0.465 e. The fourth-order valence-corrected chi connectivity index (χ4v) is 5.27. The predicted octanol–water partition coefficient (Wildman–Crippen LogP) is 5.28. The Morgan fingerprint density at radius 3 is 2.39 bits per heavy atom. The molecule has 2 heterocycles. The van der Waals surface area contributed by atoms with Crippen LogP contribution in [0.25, 0.3) is 10.2 Å². The minimum absolute atomic E-state index is 0.0530. The summed E-state index contributed by atoms with van der Waals surface area (Å²) in [4.78, 5) is 30.8. The van der Waals surface area contributed by atoms with Crippen LogP contribution < -0.4 is 9.54 Å². The fourth-order valence-electron chi connectivity index (χ4n) is 3.96. The Morgan fingerprint density at radius 1 is 1.06 bits per heavy atom. The van der Waals surface area contributed by atoms with Gasteiger partial charge in [0.05, 0.1) is 22.7 Å². The molecule has 0 saturated heterocycles. The van der Waals surface area contributed by atoms with E-state index in [4.69, 9.17) is 21.1 Å². The van der Waals surface area contributed by atoms with E-state index in [-0.39, 0.29) is 19.1 Å². The maximum atomic E-state index is 13.6. The van der Waals surface area contributed by atoms with Gasteiger partial charge < -0.3 is 14.0 Å². The van der Waals surface area contributed by atoms with Gasteiger partial charge in [-0.2, -0.15) is 4.99 Å². The number of benzene rings is 3. The first-order valence-electron chi connectivity index (χ1n) is 10.4. The summed E-state index contributed by atoms with van der Waals surface area (Å²) in [6.45, 7) is 1.97. The third kappa shape index (κ3) is 4.05. The molecule has 0 aliphatic carbocycles. The molecular formula is C25H19ClN2O4S. The first-order chi connectivity index (χ1) is 16.0. The van der Waals surface area contributed by atoms with Crippen LogP contribution in [-0.4, -0.2) is 23.1 Å². The summed E-state index contributed by atoms with van der Waals surface area (Å²) < 4.78 is 13.7. The molecule has 5 rings (SSSR count). The van der Waals surface area contributed by atoms with Crippen LogP contribution in [0.3, 0.4) is 0 Å². The maximum absolute atomic E-state index is 13.6. The standard InChI is InChI=1S/C25H19ClN2O4S/c1-2-31-22(29)14-28-18-12-11-15(26)13-21(18)33-25(28)27-24(30)23-16-7-3-5-9-19(16)32-20-10-6-4-8-17(20)23/h3-13,23H,2,14H2,1H3. The predicted molar refractivity (Wildman–Crippen MR) is 127 cm³/mol. The van der Waals surface area contributed by atoms with Gasteiger partial charge in [-0.25, -0.2) is 0 Å². The summed E-state index contributed by atoms with van der Waals surface area (Å²) in [7, 11) is 0. The van der Waals surface area contributed by atoms with Crippen molar-refractivity contribution in [2.75, 3.05) is 6.61 Å². The number of ether oxygens (including phenoxy) is 2. The van der Waals surface area contributed by atoms with Gasteiger partial charge in [-0.05, 0) is 37.3 Å². The van der Waals surface area contributed by atoms with Gasteiger partial charge >= 0.3 is 5.97 Å². The van der Waals surface area contributed by atoms with Gasteiger partial charge in [0, 0.05) is 16.1 Å². The van der Waals surface area contributed by atoms with Crippen molar-refractivity contribution >= 4 is 45.0 Å². The Morgan fingerprint density at radius 2 is 1.73 bits per heavy atom. The molecule has 3 aromatic carbocycles. The number of aromatic nitrogens is 1. The van der Waals surface area contributed by atoms with E-state index in [0.717, 1.165) is 21.3 Å². The lowest BCUT2D eigenvalue weighted by atomic mass is 9.87. The lowest BCUT2D eigenvalue weighted by Gasteiger charge is -2.25. The molecule has 4 aromatic rings. The highest BCUT2D eigenvalue weighted by atomic mass is 35.5. The van der Waals surface area contributed by atoms with E-state index in [9.17, 15) is 9.59 Å². The maximum Gasteiger partial charge on any atom is 0.326 e. The number of fused-ring (bicyclic) bond motifs is 3. The van der Waals surface area contributed by atoms with E-state index in [0.29, 0.717) is 21.3 Å². The molecule has 1 aromatic heterocycles.